The number of hydrogen-bond donors (Lipinski definition) is 1. The molecular formula is C18H13N5S2. The first-order chi connectivity index (χ1) is 12.3. The number of rotatable bonds is 4. The molecule has 3 aromatic heterocycles. The minimum Gasteiger partial charge on any atom is -0.192 e. The fourth-order valence-electron chi connectivity index (χ4n) is 2.78. The molecule has 0 radical (unpaired) electrons. The summed E-state index contributed by atoms with van der Waals surface area (Å²) in [5.74, 6) is 0.526. The third-order valence-corrected chi connectivity index (χ3v) is 6.19. The van der Waals surface area contributed by atoms with Crippen molar-refractivity contribution in [3.05, 3.63) is 52.2 Å². The first-order valence-electron chi connectivity index (χ1n) is 7.75. The van der Waals surface area contributed by atoms with Gasteiger partial charge in [0.25, 0.3) is 0 Å². The van der Waals surface area contributed by atoms with Gasteiger partial charge in [0.1, 0.15) is 6.07 Å². The van der Waals surface area contributed by atoms with Crippen LogP contribution in [0.3, 0.4) is 0 Å². The van der Waals surface area contributed by atoms with Gasteiger partial charge in [-0.3, -0.25) is 0 Å². The second-order valence-electron chi connectivity index (χ2n) is 5.36. The summed E-state index contributed by atoms with van der Waals surface area (Å²) in [6.45, 7) is 2.05. The van der Waals surface area contributed by atoms with E-state index in [-0.39, 0.29) is 0 Å². The van der Waals surface area contributed by atoms with Gasteiger partial charge in [-0.2, -0.15) is 10.5 Å². The summed E-state index contributed by atoms with van der Waals surface area (Å²) >= 11 is 3.27. The zero-order valence-corrected chi connectivity index (χ0v) is 15.0. The van der Waals surface area contributed by atoms with Crippen molar-refractivity contribution in [3.63, 3.8) is 0 Å². The molecule has 5 nitrogen and oxygen atoms in total. The molecule has 0 bridgehead atoms. The second-order valence-corrected chi connectivity index (χ2v) is 7.41. The van der Waals surface area contributed by atoms with E-state index in [4.69, 9.17) is 0 Å². The highest BCUT2D eigenvalue weighted by Crippen LogP contribution is 2.42. The van der Waals surface area contributed by atoms with Gasteiger partial charge in [-0.15, -0.1) is 32.9 Å². The molecule has 0 unspecified atom stereocenters. The van der Waals surface area contributed by atoms with Crippen molar-refractivity contribution in [2.24, 2.45) is 0 Å². The highest BCUT2D eigenvalue weighted by atomic mass is 32.1. The van der Waals surface area contributed by atoms with E-state index in [0.717, 1.165) is 27.3 Å². The monoisotopic (exact) mass is 363 g/mol. The topological polar surface area (TPSA) is 78.2 Å². The standard InChI is InChI=1S/C18H13N5S2/c1-2-14-13(10-19)16(17(25-14)18-20-22-23-21-18)12-7-5-11(6-8-12)15-4-3-9-24-15/h3-9H,2H2,1H3,(H,20,21,22,23). The van der Waals surface area contributed by atoms with Crippen molar-refractivity contribution in [1.29, 1.82) is 5.26 Å². The van der Waals surface area contributed by atoms with Gasteiger partial charge in [-0.1, -0.05) is 37.3 Å². The van der Waals surface area contributed by atoms with Gasteiger partial charge in [0.05, 0.1) is 10.4 Å². The molecule has 4 rings (SSSR count). The Balaban J connectivity index is 1.87. The average Bonchev–Trinajstić information content (AvgIpc) is 3.41. The van der Waals surface area contributed by atoms with Crippen LogP contribution in [-0.4, -0.2) is 20.6 Å². The smallest absolute Gasteiger partial charge is 0.192 e. The Morgan fingerprint density at radius 2 is 1.96 bits per heavy atom. The molecule has 0 amide bonds. The number of thiophene rings is 2. The third kappa shape index (κ3) is 2.76. The van der Waals surface area contributed by atoms with Crippen molar-refractivity contribution < 1.29 is 0 Å². The molecule has 1 N–H and O–H groups in total. The molecule has 0 aliphatic rings. The van der Waals surface area contributed by atoms with Crippen LogP contribution in [0, 0.1) is 11.3 Å². The number of nitriles is 1. The summed E-state index contributed by atoms with van der Waals surface area (Å²) < 4.78 is 0. The summed E-state index contributed by atoms with van der Waals surface area (Å²) in [6.07, 6.45) is 0.797. The Hall–Kier alpha value is -2.82. The SMILES string of the molecule is CCc1sc(-c2nn[nH]n2)c(-c2ccc(-c3cccs3)cc2)c1C#N. The first-order valence-corrected chi connectivity index (χ1v) is 9.45. The Labute approximate surface area is 152 Å². The number of nitrogens with one attached hydrogen (secondary N) is 1. The van der Waals surface area contributed by atoms with E-state index in [2.05, 4.69) is 69.3 Å². The van der Waals surface area contributed by atoms with E-state index < -0.39 is 0 Å². The molecule has 4 aromatic rings. The maximum atomic E-state index is 9.70. The molecule has 0 spiro atoms. The summed E-state index contributed by atoms with van der Waals surface area (Å²) in [4.78, 5) is 3.15. The van der Waals surface area contributed by atoms with Gasteiger partial charge >= 0.3 is 0 Å². The fourth-order valence-corrected chi connectivity index (χ4v) is 4.65. The van der Waals surface area contributed by atoms with Crippen LogP contribution in [0.4, 0.5) is 0 Å². The fraction of sp³-hybridized carbons (Fsp3) is 0.111. The van der Waals surface area contributed by atoms with E-state index in [9.17, 15) is 5.26 Å². The first kappa shape index (κ1) is 15.7. The lowest BCUT2D eigenvalue weighted by Gasteiger charge is -2.05. The van der Waals surface area contributed by atoms with E-state index in [1.807, 2.05) is 6.07 Å². The van der Waals surface area contributed by atoms with Crippen LogP contribution in [0.1, 0.15) is 17.4 Å². The number of aromatic amines is 1. The second kappa shape index (κ2) is 6.59. The summed E-state index contributed by atoms with van der Waals surface area (Å²) in [6, 6.07) is 14.8. The average molecular weight is 363 g/mol. The van der Waals surface area contributed by atoms with Gasteiger partial charge in [-0.05, 0) is 34.2 Å². The zero-order valence-electron chi connectivity index (χ0n) is 13.4. The van der Waals surface area contributed by atoms with Crippen LogP contribution in [0.25, 0.3) is 32.3 Å². The predicted molar refractivity (Wildman–Crippen MR) is 100 cm³/mol. The van der Waals surface area contributed by atoms with E-state index in [1.54, 1.807) is 22.7 Å². The number of H-pyrrole nitrogens is 1. The molecule has 25 heavy (non-hydrogen) atoms. The van der Waals surface area contributed by atoms with Crippen molar-refractivity contribution >= 4 is 22.7 Å². The lowest BCUT2D eigenvalue weighted by Crippen LogP contribution is -1.87. The molecule has 0 fully saturated rings. The maximum Gasteiger partial charge on any atom is 0.215 e. The molecule has 3 heterocycles. The highest BCUT2D eigenvalue weighted by Gasteiger charge is 2.22. The van der Waals surface area contributed by atoms with Crippen LogP contribution in [0.15, 0.2) is 41.8 Å². The lowest BCUT2D eigenvalue weighted by atomic mass is 9.98. The van der Waals surface area contributed by atoms with Crippen LogP contribution < -0.4 is 0 Å². The molecule has 0 saturated heterocycles. The van der Waals surface area contributed by atoms with Gasteiger partial charge in [0.15, 0.2) is 0 Å². The number of aromatic nitrogens is 4. The summed E-state index contributed by atoms with van der Waals surface area (Å²) in [5, 5.41) is 26.1. The molecule has 0 aliphatic carbocycles. The molecular weight excluding hydrogens is 350 g/mol. The van der Waals surface area contributed by atoms with Crippen LogP contribution in [-0.2, 0) is 6.42 Å². The quantitative estimate of drug-likeness (QED) is 0.567. The van der Waals surface area contributed by atoms with Crippen LogP contribution in [0.5, 0.6) is 0 Å². The van der Waals surface area contributed by atoms with E-state index >= 15 is 0 Å². The Bertz CT molecular complexity index is 1020. The Kier molecular flexibility index (Phi) is 4.14. The van der Waals surface area contributed by atoms with Crippen LogP contribution in [0.2, 0.25) is 0 Å². The summed E-state index contributed by atoms with van der Waals surface area (Å²) in [7, 11) is 0. The number of hydrogen-bond acceptors (Lipinski definition) is 6. The largest absolute Gasteiger partial charge is 0.215 e. The van der Waals surface area contributed by atoms with E-state index in [0.29, 0.717) is 11.4 Å². The number of benzene rings is 1. The van der Waals surface area contributed by atoms with Crippen molar-refractivity contribution in [2.75, 3.05) is 0 Å². The number of tetrazole rings is 1. The molecule has 0 aliphatic heterocycles. The van der Waals surface area contributed by atoms with Gasteiger partial charge < -0.3 is 0 Å². The minimum absolute atomic E-state index is 0.526. The van der Waals surface area contributed by atoms with Crippen molar-refractivity contribution in [2.45, 2.75) is 13.3 Å². The Morgan fingerprint density at radius 1 is 1.16 bits per heavy atom. The van der Waals surface area contributed by atoms with Crippen molar-refractivity contribution in [3.8, 4) is 38.3 Å². The van der Waals surface area contributed by atoms with Crippen LogP contribution >= 0.6 is 22.7 Å². The molecule has 0 saturated carbocycles. The van der Waals surface area contributed by atoms with Gasteiger partial charge in [-0.25, -0.2) is 0 Å². The highest BCUT2D eigenvalue weighted by molar-refractivity contribution is 7.16. The summed E-state index contributed by atoms with van der Waals surface area (Å²) in [5.41, 5.74) is 3.76. The van der Waals surface area contributed by atoms with Gasteiger partial charge in [0.2, 0.25) is 5.82 Å². The molecule has 0 atom stereocenters. The number of aryl methyl sites for hydroxylation is 1. The molecule has 122 valence electrons. The normalized spacial score (nSPS) is 10.7. The predicted octanol–water partition coefficient (Wildman–Crippen LogP) is 4.76. The minimum atomic E-state index is 0.526. The van der Waals surface area contributed by atoms with Crippen molar-refractivity contribution in [1.82, 2.24) is 20.6 Å². The Morgan fingerprint density at radius 3 is 2.56 bits per heavy atom. The van der Waals surface area contributed by atoms with E-state index in [1.165, 1.54) is 10.4 Å². The maximum absolute atomic E-state index is 9.70. The third-order valence-electron chi connectivity index (χ3n) is 3.94. The zero-order chi connectivity index (χ0) is 17.2. The molecule has 7 heteroatoms. The molecule has 1 aromatic carbocycles. The van der Waals surface area contributed by atoms with Gasteiger partial charge in [0, 0.05) is 15.3 Å². The lowest BCUT2D eigenvalue weighted by molar-refractivity contribution is 0.881. The number of nitrogens with zero attached hydrogens (tertiary/aromatic N) is 4.